The predicted octanol–water partition coefficient (Wildman–Crippen LogP) is 2.40. The van der Waals surface area contributed by atoms with E-state index in [0.29, 0.717) is 5.75 Å². The average Bonchev–Trinajstić information content (AvgIpc) is 2.23. The number of rotatable bonds is 3. The fourth-order valence-corrected chi connectivity index (χ4v) is 2.24. The van der Waals surface area contributed by atoms with Crippen molar-refractivity contribution >= 4 is 0 Å². The fraction of sp³-hybridized carbons (Fsp3) is 0.600. The molecule has 1 aromatic rings. The van der Waals surface area contributed by atoms with Crippen LogP contribution in [-0.4, -0.2) is 22.9 Å². The number of nitrogens with two attached hydrogens (primary N) is 1. The monoisotopic (exact) mass is 265 g/mol. The molecule has 0 aliphatic carbocycles. The van der Waals surface area contributed by atoms with Gasteiger partial charge in [0.25, 0.3) is 0 Å². The molecule has 0 fully saturated rings. The van der Waals surface area contributed by atoms with E-state index in [0.717, 1.165) is 17.7 Å². The molecule has 0 saturated carbocycles. The maximum Gasteiger partial charge on any atom is 0.128 e. The summed E-state index contributed by atoms with van der Waals surface area (Å²) < 4.78 is 11.5. The molecule has 1 heterocycles. The lowest BCUT2D eigenvalue weighted by atomic mass is 9.90. The van der Waals surface area contributed by atoms with Crippen LogP contribution in [0.25, 0.3) is 0 Å². The zero-order chi connectivity index (χ0) is 14.3. The molecule has 19 heavy (non-hydrogen) atoms. The molecule has 1 aromatic carbocycles. The molecule has 4 nitrogen and oxygen atoms in total. The zero-order valence-corrected chi connectivity index (χ0v) is 12.1. The highest BCUT2D eigenvalue weighted by atomic mass is 16.5. The lowest BCUT2D eigenvalue weighted by molar-refractivity contribution is 0.0278. The quantitative estimate of drug-likeness (QED) is 0.880. The summed E-state index contributed by atoms with van der Waals surface area (Å²) in [4.78, 5) is 0. The minimum atomic E-state index is -0.855. The zero-order valence-electron chi connectivity index (χ0n) is 12.1. The van der Waals surface area contributed by atoms with Crippen LogP contribution in [0.4, 0.5) is 0 Å². The fourth-order valence-electron chi connectivity index (χ4n) is 2.24. The molecule has 3 N–H and O–H groups in total. The minimum absolute atomic E-state index is 0.0120. The average molecular weight is 265 g/mol. The number of hydrogen-bond acceptors (Lipinski definition) is 4. The molecular weight excluding hydrogens is 242 g/mol. The van der Waals surface area contributed by atoms with Crippen LogP contribution in [0.5, 0.6) is 11.5 Å². The standard InChI is InChI=1S/C15H23NO3/c1-14(2,17)9-18-10-5-6-11-12(16)8-15(3,4)19-13(11)7-10/h5-7,12,17H,8-9,16H2,1-4H3. The first kappa shape index (κ1) is 14.2. The third-order valence-corrected chi connectivity index (χ3v) is 3.07. The Morgan fingerprint density at radius 2 is 2.16 bits per heavy atom. The van der Waals surface area contributed by atoms with Gasteiger partial charge < -0.3 is 20.3 Å². The van der Waals surface area contributed by atoms with Crippen molar-refractivity contribution in [3.63, 3.8) is 0 Å². The highest BCUT2D eigenvalue weighted by Gasteiger charge is 2.32. The molecule has 0 saturated heterocycles. The van der Waals surface area contributed by atoms with Gasteiger partial charge in [0.1, 0.15) is 23.7 Å². The first-order chi connectivity index (χ1) is 8.66. The van der Waals surface area contributed by atoms with E-state index in [1.165, 1.54) is 0 Å². The summed E-state index contributed by atoms with van der Waals surface area (Å²) >= 11 is 0. The van der Waals surface area contributed by atoms with Crippen LogP contribution >= 0.6 is 0 Å². The highest BCUT2D eigenvalue weighted by molar-refractivity contribution is 5.44. The SMILES string of the molecule is CC(C)(O)COc1ccc2c(c1)OC(C)(C)CC2N. The van der Waals surface area contributed by atoms with E-state index >= 15 is 0 Å². The number of benzene rings is 1. The Labute approximate surface area is 114 Å². The molecule has 0 aromatic heterocycles. The smallest absolute Gasteiger partial charge is 0.128 e. The van der Waals surface area contributed by atoms with Gasteiger partial charge in [-0.15, -0.1) is 0 Å². The van der Waals surface area contributed by atoms with Crippen LogP contribution in [-0.2, 0) is 0 Å². The van der Waals surface area contributed by atoms with Crippen molar-refractivity contribution < 1.29 is 14.6 Å². The van der Waals surface area contributed by atoms with Gasteiger partial charge >= 0.3 is 0 Å². The van der Waals surface area contributed by atoms with E-state index in [1.54, 1.807) is 13.8 Å². The first-order valence-corrected chi connectivity index (χ1v) is 6.60. The van der Waals surface area contributed by atoms with Gasteiger partial charge in [0.15, 0.2) is 0 Å². The van der Waals surface area contributed by atoms with E-state index in [4.69, 9.17) is 15.2 Å². The number of aliphatic hydroxyl groups is 1. The maximum atomic E-state index is 9.67. The van der Waals surface area contributed by atoms with Crippen molar-refractivity contribution in [2.45, 2.75) is 51.4 Å². The Morgan fingerprint density at radius 3 is 2.79 bits per heavy atom. The molecular formula is C15H23NO3. The van der Waals surface area contributed by atoms with E-state index in [1.807, 2.05) is 32.0 Å². The van der Waals surface area contributed by atoms with E-state index in [-0.39, 0.29) is 18.2 Å². The second-order valence-corrected chi connectivity index (χ2v) is 6.47. The first-order valence-electron chi connectivity index (χ1n) is 6.60. The van der Waals surface area contributed by atoms with Gasteiger partial charge in [0, 0.05) is 24.1 Å². The van der Waals surface area contributed by atoms with Crippen molar-refractivity contribution in [3.8, 4) is 11.5 Å². The molecule has 1 atom stereocenters. The third-order valence-electron chi connectivity index (χ3n) is 3.07. The summed E-state index contributed by atoms with van der Waals surface area (Å²) in [6.07, 6.45) is 0.796. The number of hydrogen-bond donors (Lipinski definition) is 2. The van der Waals surface area contributed by atoms with Crippen molar-refractivity contribution in [3.05, 3.63) is 23.8 Å². The van der Waals surface area contributed by atoms with E-state index in [2.05, 4.69) is 0 Å². The van der Waals surface area contributed by atoms with Crippen LogP contribution in [0.15, 0.2) is 18.2 Å². The lowest BCUT2D eigenvalue weighted by Gasteiger charge is -2.36. The summed E-state index contributed by atoms with van der Waals surface area (Å²) in [7, 11) is 0. The van der Waals surface area contributed by atoms with Gasteiger partial charge in [0.05, 0.1) is 5.60 Å². The summed E-state index contributed by atoms with van der Waals surface area (Å²) in [5, 5.41) is 9.67. The van der Waals surface area contributed by atoms with Crippen LogP contribution < -0.4 is 15.2 Å². The molecule has 1 unspecified atom stereocenters. The predicted molar refractivity (Wildman–Crippen MR) is 74.5 cm³/mol. The maximum absolute atomic E-state index is 9.67. The summed E-state index contributed by atoms with van der Waals surface area (Å²) in [6, 6.07) is 5.64. The normalized spacial score (nSPS) is 21.5. The Bertz CT molecular complexity index is 463. The molecule has 0 amide bonds. The van der Waals surface area contributed by atoms with Crippen molar-refractivity contribution in [2.24, 2.45) is 5.73 Å². The van der Waals surface area contributed by atoms with E-state index < -0.39 is 5.60 Å². The van der Waals surface area contributed by atoms with Crippen LogP contribution in [0, 0.1) is 0 Å². The molecule has 1 aliphatic heterocycles. The molecule has 2 rings (SSSR count). The highest BCUT2D eigenvalue weighted by Crippen LogP contribution is 2.40. The van der Waals surface area contributed by atoms with Gasteiger partial charge in [-0.2, -0.15) is 0 Å². The topological polar surface area (TPSA) is 64.7 Å². The summed E-state index contributed by atoms with van der Waals surface area (Å²) in [6.45, 7) is 7.71. The molecule has 106 valence electrons. The van der Waals surface area contributed by atoms with Gasteiger partial charge in [-0.05, 0) is 33.8 Å². The number of ether oxygens (including phenoxy) is 2. The van der Waals surface area contributed by atoms with Crippen molar-refractivity contribution in [1.82, 2.24) is 0 Å². The van der Waals surface area contributed by atoms with Crippen LogP contribution in [0.3, 0.4) is 0 Å². The Kier molecular flexibility index (Phi) is 3.49. The molecule has 0 bridgehead atoms. The van der Waals surface area contributed by atoms with Crippen molar-refractivity contribution in [1.29, 1.82) is 0 Å². The Morgan fingerprint density at radius 1 is 1.47 bits per heavy atom. The molecule has 0 spiro atoms. The van der Waals surface area contributed by atoms with E-state index in [9.17, 15) is 5.11 Å². The Balaban J connectivity index is 2.19. The molecule has 1 aliphatic rings. The Hall–Kier alpha value is -1.26. The number of fused-ring (bicyclic) bond motifs is 1. The minimum Gasteiger partial charge on any atom is -0.490 e. The largest absolute Gasteiger partial charge is 0.490 e. The second-order valence-electron chi connectivity index (χ2n) is 6.47. The van der Waals surface area contributed by atoms with Crippen LogP contribution in [0.2, 0.25) is 0 Å². The van der Waals surface area contributed by atoms with Gasteiger partial charge in [0.2, 0.25) is 0 Å². The molecule has 0 radical (unpaired) electrons. The lowest BCUT2D eigenvalue weighted by Crippen LogP contribution is -2.37. The van der Waals surface area contributed by atoms with Crippen LogP contribution in [0.1, 0.15) is 45.7 Å². The second kappa shape index (κ2) is 4.69. The molecule has 4 heteroatoms. The van der Waals surface area contributed by atoms with Gasteiger partial charge in [-0.25, -0.2) is 0 Å². The van der Waals surface area contributed by atoms with Gasteiger partial charge in [-0.1, -0.05) is 6.07 Å². The summed E-state index contributed by atoms with van der Waals surface area (Å²) in [5.74, 6) is 1.46. The van der Waals surface area contributed by atoms with Gasteiger partial charge in [-0.3, -0.25) is 0 Å². The van der Waals surface area contributed by atoms with Crippen molar-refractivity contribution in [2.75, 3.05) is 6.61 Å². The third kappa shape index (κ3) is 3.61. The summed E-state index contributed by atoms with van der Waals surface area (Å²) in [5.41, 5.74) is 6.05.